The Morgan fingerprint density at radius 1 is 0.413 bits per heavy atom. The fraction of sp³-hybridized carbons (Fsp3) is 0.815. The quantitative estimate of drug-likeness (QED) is 0.0211. The first-order chi connectivity index (χ1) is 36.5. The molecule has 0 aliphatic rings. The number of rotatable bonds is 58. The van der Waals surface area contributed by atoms with Gasteiger partial charge in [0, 0.05) is 12.8 Å². The molecule has 0 rings (SSSR count). The molecule has 75 heavy (non-hydrogen) atoms. The minimum atomic E-state index is -4.39. The van der Waals surface area contributed by atoms with Gasteiger partial charge < -0.3 is 18.9 Å². The molecule has 0 saturated heterocycles. The summed E-state index contributed by atoms with van der Waals surface area (Å²) in [5.74, 6) is -0.805. The standard InChI is InChI=1S/C65H120NO8P/c1-6-8-10-12-14-16-18-20-22-23-24-25-26-27-28-29-30-31-32-33-34-35-36-37-38-39-40-41-42-43-44-46-48-50-52-54-56-58-65(68)74-63(62-73-75(69,70)72-60-59-66(3,4)5)61-71-64(67)57-55-53-51-49-47-45-21-19-17-15-13-11-9-7-2/h13,15,18-21,23-24,26-27,63H,6-12,14,16-17,22,25,28-62H2,1-5H3/p+1/b15-13-,20-18-,21-19-,24-23-,27-26-. The summed E-state index contributed by atoms with van der Waals surface area (Å²) in [5, 5.41) is 0. The zero-order valence-electron chi connectivity index (χ0n) is 49.8. The average Bonchev–Trinajstić information content (AvgIpc) is 3.37. The molecule has 0 fully saturated rings. The lowest BCUT2D eigenvalue weighted by atomic mass is 10.0. The molecule has 0 saturated carbocycles. The van der Waals surface area contributed by atoms with E-state index in [0.29, 0.717) is 17.4 Å². The van der Waals surface area contributed by atoms with Crippen molar-refractivity contribution in [3.05, 3.63) is 60.8 Å². The number of likely N-dealkylation sites (N-methyl/N-ethyl adjacent to an activating group) is 1. The van der Waals surface area contributed by atoms with Crippen molar-refractivity contribution in [1.29, 1.82) is 0 Å². The molecule has 10 heteroatoms. The zero-order chi connectivity index (χ0) is 54.9. The van der Waals surface area contributed by atoms with E-state index in [9.17, 15) is 19.0 Å². The maximum absolute atomic E-state index is 12.8. The van der Waals surface area contributed by atoms with Gasteiger partial charge in [0.1, 0.15) is 19.8 Å². The van der Waals surface area contributed by atoms with Crippen LogP contribution < -0.4 is 0 Å². The maximum atomic E-state index is 12.8. The molecule has 0 aromatic heterocycles. The van der Waals surface area contributed by atoms with Gasteiger partial charge in [-0.3, -0.25) is 18.6 Å². The Kier molecular flexibility index (Phi) is 54.7. The molecule has 1 N–H and O–H groups in total. The van der Waals surface area contributed by atoms with Crippen LogP contribution >= 0.6 is 7.82 Å². The summed E-state index contributed by atoms with van der Waals surface area (Å²) in [7, 11) is 1.48. The van der Waals surface area contributed by atoms with Crippen molar-refractivity contribution in [3.8, 4) is 0 Å². The summed E-state index contributed by atoms with van der Waals surface area (Å²) in [5.41, 5.74) is 0. The minimum absolute atomic E-state index is 0.0294. The molecule has 2 atom stereocenters. The summed E-state index contributed by atoms with van der Waals surface area (Å²) in [6.45, 7) is 4.39. The molecule has 0 radical (unpaired) electrons. The van der Waals surface area contributed by atoms with Gasteiger partial charge in [-0.15, -0.1) is 0 Å². The summed E-state index contributed by atoms with van der Waals surface area (Å²) >= 11 is 0. The van der Waals surface area contributed by atoms with Crippen LogP contribution in [0.5, 0.6) is 0 Å². The number of carbonyl (C=O) groups is 2. The molecule has 0 aliphatic carbocycles. The molecule has 0 aliphatic heterocycles. The van der Waals surface area contributed by atoms with Gasteiger partial charge in [0.25, 0.3) is 0 Å². The first-order valence-corrected chi connectivity index (χ1v) is 33.0. The van der Waals surface area contributed by atoms with Crippen molar-refractivity contribution in [2.75, 3.05) is 47.5 Å². The summed E-state index contributed by atoms with van der Waals surface area (Å²) in [4.78, 5) is 35.6. The Morgan fingerprint density at radius 3 is 1.11 bits per heavy atom. The molecule has 2 unspecified atom stereocenters. The first kappa shape index (κ1) is 72.7. The zero-order valence-corrected chi connectivity index (χ0v) is 50.7. The molecule has 0 aromatic carbocycles. The van der Waals surface area contributed by atoms with Gasteiger partial charge >= 0.3 is 19.8 Å². The second-order valence-electron chi connectivity index (χ2n) is 22.4. The lowest BCUT2D eigenvalue weighted by molar-refractivity contribution is -0.870. The van der Waals surface area contributed by atoms with Crippen LogP contribution in [0.15, 0.2) is 60.8 Å². The topological polar surface area (TPSA) is 108 Å². The van der Waals surface area contributed by atoms with E-state index in [2.05, 4.69) is 74.6 Å². The third kappa shape index (κ3) is 60.8. The number of unbranched alkanes of at least 4 members (excludes halogenated alkanes) is 34. The number of nitrogens with zero attached hydrogens (tertiary/aromatic N) is 1. The van der Waals surface area contributed by atoms with Gasteiger partial charge in [-0.05, 0) is 77.0 Å². The molecular weight excluding hydrogens is 954 g/mol. The first-order valence-electron chi connectivity index (χ1n) is 31.5. The predicted molar refractivity (Wildman–Crippen MR) is 321 cm³/mol. The van der Waals surface area contributed by atoms with Gasteiger partial charge in [-0.1, -0.05) is 261 Å². The number of hydrogen-bond donors (Lipinski definition) is 1. The maximum Gasteiger partial charge on any atom is 0.472 e. The molecule has 0 spiro atoms. The van der Waals surface area contributed by atoms with Gasteiger partial charge in [-0.2, -0.15) is 0 Å². The molecule has 0 amide bonds. The average molecular weight is 1080 g/mol. The van der Waals surface area contributed by atoms with Crippen molar-refractivity contribution >= 4 is 19.8 Å². The number of carbonyl (C=O) groups excluding carboxylic acids is 2. The molecule has 0 aromatic rings. The molecule has 0 heterocycles. The van der Waals surface area contributed by atoms with Crippen molar-refractivity contribution < 1.29 is 42.1 Å². The van der Waals surface area contributed by atoms with Gasteiger partial charge in [0.15, 0.2) is 6.10 Å². The van der Waals surface area contributed by atoms with Crippen molar-refractivity contribution in [1.82, 2.24) is 0 Å². The summed E-state index contributed by atoms with van der Waals surface area (Å²) in [6.07, 6.45) is 73.2. The van der Waals surface area contributed by atoms with Crippen LogP contribution in [-0.2, 0) is 32.7 Å². The summed E-state index contributed by atoms with van der Waals surface area (Å²) in [6, 6.07) is 0. The Bertz CT molecular complexity index is 1450. The van der Waals surface area contributed by atoms with Crippen molar-refractivity contribution in [2.45, 2.75) is 296 Å². The minimum Gasteiger partial charge on any atom is -0.462 e. The Balaban J connectivity index is 3.94. The highest BCUT2D eigenvalue weighted by Gasteiger charge is 2.27. The predicted octanol–water partition coefficient (Wildman–Crippen LogP) is 19.9. The van der Waals surface area contributed by atoms with E-state index in [1.54, 1.807) is 0 Å². The number of hydrogen-bond acceptors (Lipinski definition) is 7. The monoisotopic (exact) mass is 1070 g/mol. The number of allylic oxidation sites excluding steroid dienone is 10. The van der Waals surface area contributed by atoms with Gasteiger partial charge in [0.05, 0.1) is 27.7 Å². The molecular formula is C65H121NO8P+. The van der Waals surface area contributed by atoms with Crippen LogP contribution in [0.4, 0.5) is 0 Å². The van der Waals surface area contributed by atoms with E-state index in [1.807, 2.05) is 21.1 Å². The van der Waals surface area contributed by atoms with E-state index in [-0.39, 0.29) is 32.0 Å². The van der Waals surface area contributed by atoms with Crippen LogP contribution in [-0.4, -0.2) is 74.9 Å². The Morgan fingerprint density at radius 2 is 0.733 bits per heavy atom. The highest BCUT2D eigenvalue weighted by Crippen LogP contribution is 2.43. The second kappa shape index (κ2) is 56.4. The van der Waals surface area contributed by atoms with Crippen LogP contribution in [0.2, 0.25) is 0 Å². The van der Waals surface area contributed by atoms with Crippen molar-refractivity contribution in [2.24, 2.45) is 0 Å². The van der Waals surface area contributed by atoms with E-state index >= 15 is 0 Å². The Labute approximate surface area is 464 Å². The highest BCUT2D eigenvalue weighted by atomic mass is 31.2. The summed E-state index contributed by atoms with van der Waals surface area (Å²) < 4.78 is 34.5. The fourth-order valence-corrected chi connectivity index (χ4v) is 9.61. The molecule has 0 bridgehead atoms. The SMILES string of the molecule is CCCC/C=C\C/C=C\CCCCCCCC(=O)OCC(COP(=O)(O)OCC[N+](C)(C)C)OC(=O)CCCCCCCCCCCCCCCCCCCCCCCC/C=C\C/C=C\C/C=C\CCCCCCC. The number of quaternary nitrogens is 1. The van der Waals surface area contributed by atoms with Gasteiger partial charge in [0.2, 0.25) is 0 Å². The Hall–Kier alpha value is -2.29. The number of phosphoric ester groups is 1. The van der Waals surface area contributed by atoms with E-state index in [1.165, 1.54) is 186 Å². The number of esters is 2. The second-order valence-corrected chi connectivity index (χ2v) is 23.9. The molecule has 438 valence electrons. The normalized spacial score (nSPS) is 13.6. The third-order valence-electron chi connectivity index (χ3n) is 13.8. The largest absolute Gasteiger partial charge is 0.472 e. The van der Waals surface area contributed by atoms with Crippen LogP contribution in [0.25, 0.3) is 0 Å². The van der Waals surface area contributed by atoms with Crippen LogP contribution in [0, 0.1) is 0 Å². The lowest BCUT2D eigenvalue weighted by Gasteiger charge is -2.24. The highest BCUT2D eigenvalue weighted by molar-refractivity contribution is 7.47. The lowest BCUT2D eigenvalue weighted by Crippen LogP contribution is -2.37. The fourth-order valence-electron chi connectivity index (χ4n) is 8.86. The van der Waals surface area contributed by atoms with Crippen LogP contribution in [0.1, 0.15) is 290 Å². The number of ether oxygens (including phenoxy) is 2. The van der Waals surface area contributed by atoms with E-state index in [0.717, 1.165) is 70.6 Å². The van der Waals surface area contributed by atoms with E-state index < -0.39 is 26.5 Å². The smallest absolute Gasteiger partial charge is 0.462 e. The van der Waals surface area contributed by atoms with E-state index in [4.69, 9.17) is 18.5 Å². The number of phosphoric acid groups is 1. The molecule has 9 nitrogen and oxygen atoms in total. The van der Waals surface area contributed by atoms with Crippen LogP contribution in [0.3, 0.4) is 0 Å². The third-order valence-corrected chi connectivity index (χ3v) is 14.8. The van der Waals surface area contributed by atoms with Crippen molar-refractivity contribution in [3.63, 3.8) is 0 Å². The van der Waals surface area contributed by atoms with Gasteiger partial charge in [-0.25, -0.2) is 4.57 Å².